The number of aromatic nitrogens is 3. The van der Waals surface area contributed by atoms with Gasteiger partial charge in [0.05, 0.1) is 5.69 Å². The van der Waals surface area contributed by atoms with Crippen LogP contribution in [0, 0.1) is 6.92 Å². The lowest BCUT2D eigenvalue weighted by atomic mass is 9.94. The van der Waals surface area contributed by atoms with Gasteiger partial charge in [0.2, 0.25) is 5.91 Å². The van der Waals surface area contributed by atoms with E-state index in [1.54, 1.807) is 13.1 Å². The maximum absolute atomic E-state index is 11.6. The predicted octanol–water partition coefficient (Wildman–Crippen LogP) is 2.65. The molecule has 3 heterocycles. The lowest BCUT2D eigenvalue weighted by Crippen LogP contribution is -2.37. The summed E-state index contributed by atoms with van der Waals surface area (Å²) in [6.07, 6.45) is 3.79. The van der Waals surface area contributed by atoms with Crippen molar-refractivity contribution in [1.82, 2.24) is 19.9 Å². The smallest absolute Gasteiger partial charge is 0.219 e. The zero-order valence-electron chi connectivity index (χ0n) is 13.5. The molecule has 1 N–H and O–H groups in total. The quantitative estimate of drug-likeness (QED) is 0.943. The zero-order valence-corrected chi connectivity index (χ0v) is 13.5. The van der Waals surface area contributed by atoms with E-state index in [2.05, 4.69) is 20.3 Å². The third kappa shape index (κ3) is 3.83. The molecule has 1 atom stereocenters. The molecule has 1 aliphatic rings. The van der Waals surface area contributed by atoms with Crippen molar-refractivity contribution in [2.45, 2.75) is 32.6 Å². The first-order valence-corrected chi connectivity index (χ1v) is 7.91. The lowest BCUT2D eigenvalue weighted by molar-refractivity contribution is -0.130. The van der Waals surface area contributed by atoms with Gasteiger partial charge in [-0.2, -0.15) is 0 Å². The third-order valence-corrected chi connectivity index (χ3v) is 4.06. The molecule has 1 aliphatic heterocycles. The number of hydrogen-bond donors (Lipinski definition) is 1. The van der Waals surface area contributed by atoms with Crippen molar-refractivity contribution >= 4 is 17.5 Å². The summed E-state index contributed by atoms with van der Waals surface area (Å²) in [5.74, 6) is 2.61. The Morgan fingerprint density at radius 1 is 1.30 bits per heavy atom. The minimum Gasteiger partial charge on any atom is -0.342 e. The fraction of sp³-hybridized carbons (Fsp3) is 0.412. The van der Waals surface area contributed by atoms with Crippen LogP contribution < -0.4 is 5.32 Å². The molecule has 0 unspecified atom stereocenters. The number of amides is 1. The van der Waals surface area contributed by atoms with E-state index in [-0.39, 0.29) is 11.8 Å². The number of anilines is 2. The molecule has 1 amide bonds. The molecule has 3 rings (SSSR count). The number of hydrogen-bond acceptors (Lipinski definition) is 5. The SMILES string of the molecule is CC(=O)N1CCC[C@@H](c2cc(Nc3ccccn3)nc(C)n2)C1. The molecule has 0 spiro atoms. The van der Waals surface area contributed by atoms with Crippen LogP contribution in [0.15, 0.2) is 30.5 Å². The van der Waals surface area contributed by atoms with E-state index in [0.717, 1.165) is 49.1 Å². The molecule has 0 radical (unpaired) electrons. The molecule has 0 aliphatic carbocycles. The van der Waals surface area contributed by atoms with Gasteiger partial charge >= 0.3 is 0 Å². The number of carbonyl (C=O) groups is 1. The van der Waals surface area contributed by atoms with Crippen molar-refractivity contribution in [3.63, 3.8) is 0 Å². The minimum absolute atomic E-state index is 0.132. The number of aryl methyl sites for hydroxylation is 1. The van der Waals surface area contributed by atoms with E-state index < -0.39 is 0 Å². The first-order chi connectivity index (χ1) is 11.1. The largest absolute Gasteiger partial charge is 0.342 e. The van der Waals surface area contributed by atoms with Gasteiger partial charge < -0.3 is 10.2 Å². The maximum atomic E-state index is 11.6. The Morgan fingerprint density at radius 3 is 2.91 bits per heavy atom. The first-order valence-electron chi connectivity index (χ1n) is 7.91. The second kappa shape index (κ2) is 6.73. The standard InChI is InChI=1S/C17H21N5O/c1-12-19-15(14-6-5-9-22(11-14)13(2)23)10-17(20-12)21-16-7-3-4-8-18-16/h3-4,7-8,10,14H,5-6,9,11H2,1-2H3,(H,18,19,20,21)/t14-/m1/s1. The zero-order chi connectivity index (χ0) is 16.2. The van der Waals surface area contributed by atoms with E-state index in [0.29, 0.717) is 0 Å². The Labute approximate surface area is 136 Å². The van der Waals surface area contributed by atoms with Gasteiger partial charge in [0.1, 0.15) is 17.5 Å². The fourth-order valence-corrected chi connectivity index (χ4v) is 2.94. The molecular formula is C17H21N5O. The molecule has 23 heavy (non-hydrogen) atoms. The van der Waals surface area contributed by atoms with Gasteiger partial charge in [-0.25, -0.2) is 15.0 Å². The van der Waals surface area contributed by atoms with Crippen LogP contribution in [0.3, 0.4) is 0 Å². The summed E-state index contributed by atoms with van der Waals surface area (Å²) in [6, 6.07) is 7.67. The number of pyridine rings is 1. The predicted molar refractivity (Wildman–Crippen MR) is 88.5 cm³/mol. The van der Waals surface area contributed by atoms with Gasteiger partial charge in [-0.1, -0.05) is 6.07 Å². The van der Waals surface area contributed by atoms with E-state index in [1.165, 1.54) is 0 Å². The van der Waals surface area contributed by atoms with Crippen molar-refractivity contribution in [1.29, 1.82) is 0 Å². The van der Waals surface area contributed by atoms with Crippen molar-refractivity contribution in [3.8, 4) is 0 Å². The Morgan fingerprint density at radius 2 is 2.17 bits per heavy atom. The molecule has 6 heteroatoms. The summed E-state index contributed by atoms with van der Waals surface area (Å²) in [6.45, 7) is 5.09. The monoisotopic (exact) mass is 311 g/mol. The number of nitrogens with zero attached hydrogens (tertiary/aromatic N) is 4. The number of nitrogens with one attached hydrogen (secondary N) is 1. The van der Waals surface area contributed by atoms with E-state index >= 15 is 0 Å². The third-order valence-electron chi connectivity index (χ3n) is 4.06. The summed E-state index contributed by atoms with van der Waals surface area (Å²) < 4.78 is 0. The number of likely N-dealkylation sites (tertiary alicyclic amines) is 1. The highest BCUT2D eigenvalue weighted by Gasteiger charge is 2.24. The number of carbonyl (C=O) groups excluding carboxylic acids is 1. The Hall–Kier alpha value is -2.50. The Kier molecular flexibility index (Phi) is 4.50. The summed E-state index contributed by atoms with van der Waals surface area (Å²) in [5, 5.41) is 3.22. The van der Waals surface area contributed by atoms with Gasteiger partial charge in [0.15, 0.2) is 0 Å². The molecule has 6 nitrogen and oxygen atoms in total. The molecule has 0 bridgehead atoms. The van der Waals surface area contributed by atoms with E-state index in [1.807, 2.05) is 36.1 Å². The van der Waals surface area contributed by atoms with Crippen molar-refractivity contribution in [2.24, 2.45) is 0 Å². The van der Waals surface area contributed by atoms with Gasteiger partial charge in [-0.05, 0) is 31.9 Å². The summed E-state index contributed by atoms with van der Waals surface area (Å²) in [5.41, 5.74) is 0.988. The summed E-state index contributed by atoms with van der Waals surface area (Å²) in [7, 11) is 0. The Bertz CT molecular complexity index is 689. The average molecular weight is 311 g/mol. The molecule has 120 valence electrons. The molecule has 2 aromatic rings. The topological polar surface area (TPSA) is 71.0 Å². The molecule has 1 saturated heterocycles. The normalized spacial score (nSPS) is 17.8. The molecule has 0 saturated carbocycles. The van der Waals surface area contributed by atoms with Crippen LogP contribution in [0.1, 0.15) is 37.2 Å². The second-order valence-electron chi connectivity index (χ2n) is 5.87. The molecule has 1 fully saturated rings. The van der Waals surface area contributed by atoms with E-state index in [4.69, 9.17) is 0 Å². The highest BCUT2D eigenvalue weighted by molar-refractivity contribution is 5.73. The van der Waals surface area contributed by atoms with Crippen molar-refractivity contribution < 1.29 is 4.79 Å². The maximum Gasteiger partial charge on any atom is 0.219 e. The van der Waals surface area contributed by atoms with Gasteiger partial charge in [-0.3, -0.25) is 4.79 Å². The van der Waals surface area contributed by atoms with Crippen LogP contribution in [0.25, 0.3) is 0 Å². The van der Waals surface area contributed by atoms with Crippen molar-refractivity contribution in [2.75, 3.05) is 18.4 Å². The Balaban J connectivity index is 1.81. The molecule has 0 aromatic carbocycles. The minimum atomic E-state index is 0.132. The van der Waals surface area contributed by atoms with E-state index in [9.17, 15) is 4.79 Å². The second-order valence-corrected chi connectivity index (χ2v) is 5.87. The van der Waals surface area contributed by atoms with Gasteiger partial charge in [-0.15, -0.1) is 0 Å². The van der Waals surface area contributed by atoms with Crippen molar-refractivity contribution in [3.05, 3.63) is 42.0 Å². The van der Waals surface area contributed by atoms with Gasteiger partial charge in [0, 0.05) is 38.2 Å². The average Bonchev–Trinajstić information content (AvgIpc) is 2.55. The highest BCUT2D eigenvalue weighted by Crippen LogP contribution is 2.27. The van der Waals surface area contributed by atoms with Crippen LogP contribution in [0.4, 0.5) is 11.6 Å². The molecule has 2 aromatic heterocycles. The number of rotatable bonds is 3. The van der Waals surface area contributed by atoms with Crippen LogP contribution in [0.5, 0.6) is 0 Å². The lowest BCUT2D eigenvalue weighted by Gasteiger charge is -2.31. The van der Waals surface area contributed by atoms with Crippen LogP contribution in [-0.2, 0) is 4.79 Å². The fourth-order valence-electron chi connectivity index (χ4n) is 2.94. The summed E-state index contributed by atoms with van der Waals surface area (Å²) >= 11 is 0. The first kappa shape index (κ1) is 15.4. The van der Waals surface area contributed by atoms with Crippen LogP contribution >= 0.6 is 0 Å². The van der Waals surface area contributed by atoms with Crippen LogP contribution in [0.2, 0.25) is 0 Å². The summed E-state index contributed by atoms with van der Waals surface area (Å²) in [4.78, 5) is 26.8. The molecular weight excluding hydrogens is 290 g/mol. The highest BCUT2D eigenvalue weighted by atomic mass is 16.2. The van der Waals surface area contributed by atoms with Crippen LogP contribution in [-0.4, -0.2) is 38.8 Å². The number of piperidine rings is 1. The van der Waals surface area contributed by atoms with Gasteiger partial charge in [0.25, 0.3) is 0 Å².